The fourth-order valence-electron chi connectivity index (χ4n) is 1.13. The molecule has 0 fully saturated rings. The number of esters is 1. The minimum atomic E-state index is -1.29. The van der Waals surface area contributed by atoms with Crippen LogP contribution >= 0.6 is 0 Å². The van der Waals surface area contributed by atoms with Crippen LogP contribution in [0.3, 0.4) is 0 Å². The van der Waals surface area contributed by atoms with Crippen molar-refractivity contribution in [2.45, 2.75) is 6.61 Å². The summed E-state index contributed by atoms with van der Waals surface area (Å²) in [4.78, 5) is 21.9. The van der Waals surface area contributed by atoms with Crippen molar-refractivity contribution in [3.63, 3.8) is 0 Å². The Balaban J connectivity index is 2.49. The Bertz CT molecular complexity index is 364. The van der Waals surface area contributed by atoms with Gasteiger partial charge in [-0.05, 0) is 5.56 Å². The average Bonchev–Trinajstić information content (AvgIpc) is 2.28. The van der Waals surface area contributed by atoms with E-state index in [0.29, 0.717) is 0 Å². The molecule has 0 amide bonds. The number of ether oxygens (including phenoxy) is 1. The van der Waals surface area contributed by atoms with Crippen molar-refractivity contribution >= 4 is 11.9 Å². The second-order valence-electron chi connectivity index (χ2n) is 3.22. The highest BCUT2D eigenvalue weighted by Gasteiger charge is 2.25. The van der Waals surface area contributed by atoms with Crippen LogP contribution in [0.2, 0.25) is 0 Å². The standard InChI is InChI=1S/C11H13NO4/c12-6-9(10(13)14)11(15)16-7-8-4-2-1-3-5-8/h1-5,9H,6-7,12H2,(H,13,14)/t9-/m0/s1. The molecule has 0 saturated carbocycles. The molecule has 0 bridgehead atoms. The van der Waals surface area contributed by atoms with Crippen molar-refractivity contribution in [3.05, 3.63) is 35.9 Å². The Labute approximate surface area is 92.8 Å². The molecule has 0 heterocycles. The number of carboxylic acids is 1. The SMILES string of the molecule is NC[C@@H](C(=O)O)C(=O)OCc1ccccc1. The van der Waals surface area contributed by atoms with E-state index in [2.05, 4.69) is 0 Å². The van der Waals surface area contributed by atoms with Crippen LogP contribution in [0.1, 0.15) is 5.56 Å². The third-order valence-corrected chi connectivity index (χ3v) is 2.04. The van der Waals surface area contributed by atoms with Gasteiger partial charge in [0.05, 0.1) is 0 Å². The predicted octanol–water partition coefficient (Wildman–Crippen LogP) is 0.389. The van der Waals surface area contributed by atoms with E-state index in [1.807, 2.05) is 6.07 Å². The molecule has 1 aromatic carbocycles. The lowest BCUT2D eigenvalue weighted by molar-refractivity contribution is -0.159. The summed E-state index contributed by atoms with van der Waals surface area (Å²) in [6, 6.07) is 9.02. The van der Waals surface area contributed by atoms with Crippen LogP contribution in [0, 0.1) is 5.92 Å². The van der Waals surface area contributed by atoms with Gasteiger partial charge in [-0.25, -0.2) is 0 Å². The Morgan fingerprint density at radius 2 is 1.94 bits per heavy atom. The Morgan fingerprint density at radius 3 is 2.44 bits per heavy atom. The molecular weight excluding hydrogens is 210 g/mol. The first-order valence-electron chi connectivity index (χ1n) is 4.78. The van der Waals surface area contributed by atoms with E-state index >= 15 is 0 Å². The summed E-state index contributed by atoms with van der Waals surface area (Å²) in [6.45, 7) is -0.202. The van der Waals surface area contributed by atoms with E-state index in [1.54, 1.807) is 24.3 Å². The fourth-order valence-corrected chi connectivity index (χ4v) is 1.13. The van der Waals surface area contributed by atoms with Crippen LogP contribution in [-0.2, 0) is 20.9 Å². The zero-order valence-corrected chi connectivity index (χ0v) is 8.63. The van der Waals surface area contributed by atoms with E-state index < -0.39 is 17.9 Å². The molecule has 0 spiro atoms. The second-order valence-corrected chi connectivity index (χ2v) is 3.22. The Morgan fingerprint density at radius 1 is 1.31 bits per heavy atom. The van der Waals surface area contributed by atoms with Gasteiger partial charge in [0.2, 0.25) is 0 Å². The molecule has 0 aliphatic heterocycles. The van der Waals surface area contributed by atoms with Crippen molar-refractivity contribution in [2.24, 2.45) is 11.7 Å². The number of aliphatic carboxylic acids is 1. The number of rotatable bonds is 5. The maximum Gasteiger partial charge on any atom is 0.321 e. The Hall–Kier alpha value is -1.88. The number of carboxylic acid groups (broad SMARTS) is 1. The highest BCUT2D eigenvalue weighted by Crippen LogP contribution is 2.04. The normalized spacial score (nSPS) is 11.8. The number of hydrogen-bond acceptors (Lipinski definition) is 4. The minimum absolute atomic E-state index is 0.0590. The summed E-state index contributed by atoms with van der Waals surface area (Å²) in [6.07, 6.45) is 0. The second kappa shape index (κ2) is 5.87. The van der Waals surface area contributed by atoms with Crippen LogP contribution < -0.4 is 5.73 Å². The van der Waals surface area contributed by atoms with Gasteiger partial charge < -0.3 is 15.6 Å². The molecule has 0 radical (unpaired) electrons. The van der Waals surface area contributed by atoms with E-state index in [4.69, 9.17) is 15.6 Å². The maximum atomic E-state index is 11.3. The van der Waals surface area contributed by atoms with Crippen molar-refractivity contribution in [3.8, 4) is 0 Å². The molecule has 0 aromatic heterocycles. The summed E-state index contributed by atoms with van der Waals surface area (Å²) in [5.74, 6) is -3.36. The lowest BCUT2D eigenvalue weighted by Gasteiger charge is -2.09. The van der Waals surface area contributed by atoms with Crippen LogP contribution in [0.25, 0.3) is 0 Å². The van der Waals surface area contributed by atoms with Crippen LogP contribution in [0.15, 0.2) is 30.3 Å². The molecule has 0 aliphatic rings. The number of hydrogen-bond donors (Lipinski definition) is 2. The number of nitrogens with two attached hydrogens (primary N) is 1. The van der Waals surface area contributed by atoms with Gasteiger partial charge >= 0.3 is 11.9 Å². The van der Waals surface area contributed by atoms with Gasteiger partial charge in [0, 0.05) is 6.54 Å². The monoisotopic (exact) mass is 223 g/mol. The van der Waals surface area contributed by atoms with E-state index in [-0.39, 0.29) is 13.2 Å². The molecule has 5 nitrogen and oxygen atoms in total. The van der Waals surface area contributed by atoms with Crippen LogP contribution in [0.5, 0.6) is 0 Å². The first-order valence-corrected chi connectivity index (χ1v) is 4.78. The zero-order valence-electron chi connectivity index (χ0n) is 8.63. The lowest BCUT2D eigenvalue weighted by atomic mass is 10.1. The molecule has 5 heteroatoms. The fraction of sp³-hybridized carbons (Fsp3) is 0.273. The quantitative estimate of drug-likeness (QED) is 0.556. The number of benzene rings is 1. The number of carbonyl (C=O) groups is 2. The van der Waals surface area contributed by atoms with Gasteiger partial charge in [0.15, 0.2) is 5.92 Å². The summed E-state index contributed by atoms with van der Waals surface area (Å²) < 4.78 is 4.84. The summed E-state index contributed by atoms with van der Waals surface area (Å²) in [5.41, 5.74) is 5.96. The van der Waals surface area contributed by atoms with Crippen LogP contribution in [-0.4, -0.2) is 23.6 Å². The van der Waals surface area contributed by atoms with Gasteiger partial charge in [-0.3, -0.25) is 9.59 Å². The third-order valence-electron chi connectivity index (χ3n) is 2.04. The largest absolute Gasteiger partial charge is 0.481 e. The molecule has 3 N–H and O–H groups in total. The highest BCUT2D eigenvalue weighted by molar-refractivity contribution is 5.94. The first kappa shape index (κ1) is 12.2. The zero-order chi connectivity index (χ0) is 12.0. The Kier molecular flexibility index (Phi) is 4.47. The first-order chi connectivity index (χ1) is 7.65. The van der Waals surface area contributed by atoms with Crippen molar-refractivity contribution in [1.29, 1.82) is 0 Å². The van der Waals surface area contributed by atoms with Crippen molar-refractivity contribution < 1.29 is 19.4 Å². The summed E-state index contributed by atoms with van der Waals surface area (Å²) >= 11 is 0. The molecule has 0 saturated heterocycles. The van der Waals surface area contributed by atoms with E-state index in [9.17, 15) is 9.59 Å². The molecule has 0 aliphatic carbocycles. The molecular formula is C11H13NO4. The van der Waals surface area contributed by atoms with Gasteiger partial charge in [0.25, 0.3) is 0 Å². The smallest absolute Gasteiger partial charge is 0.321 e. The highest BCUT2D eigenvalue weighted by atomic mass is 16.5. The van der Waals surface area contributed by atoms with Gasteiger partial charge in [-0.2, -0.15) is 0 Å². The van der Waals surface area contributed by atoms with Gasteiger partial charge in [0.1, 0.15) is 6.61 Å². The topological polar surface area (TPSA) is 89.6 Å². The molecule has 16 heavy (non-hydrogen) atoms. The predicted molar refractivity (Wildman–Crippen MR) is 56.4 cm³/mol. The molecule has 86 valence electrons. The van der Waals surface area contributed by atoms with E-state index in [0.717, 1.165) is 5.56 Å². The number of carbonyl (C=O) groups excluding carboxylic acids is 1. The molecule has 1 rings (SSSR count). The minimum Gasteiger partial charge on any atom is -0.481 e. The summed E-state index contributed by atoms with van der Waals surface area (Å²) in [5, 5.41) is 8.66. The van der Waals surface area contributed by atoms with Gasteiger partial charge in [-0.15, -0.1) is 0 Å². The summed E-state index contributed by atoms with van der Waals surface area (Å²) in [7, 11) is 0. The van der Waals surface area contributed by atoms with Gasteiger partial charge in [-0.1, -0.05) is 30.3 Å². The lowest BCUT2D eigenvalue weighted by Crippen LogP contribution is -2.32. The van der Waals surface area contributed by atoms with Crippen LogP contribution in [0.4, 0.5) is 0 Å². The van der Waals surface area contributed by atoms with Crippen molar-refractivity contribution in [2.75, 3.05) is 6.54 Å². The molecule has 0 unspecified atom stereocenters. The molecule has 1 aromatic rings. The molecule has 1 atom stereocenters. The third kappa shape index (κ3) is 3.36. The average molecular weight is 223 g/mol. The maximum absolute atomic E-state index is 11.3. The van der Waals surface area contributed by atoms with Crippen molar-refractivity contribution in [1.82, 2.24) is 0 Å². The van der Waals surface area contributed by atoms with E-state index in [1.165, 1.54) is 0 Å².